The highest BCUT2D eigenvalue weighted by molar-refractivity contribution is 5.90. The standard InChI is InChI=1S/C24H25N3O2/c1-18-17-19(11-16-23(18)29-2)7-6-10-24(28)25-20-12-14-22(15-13-20)27-26-21-8-4-3-5-9-21/h3-5,8-9,11-17H,6-7,10H2,1-2H3,(H,25,28). The number of azo groups is 1. The van der Waals surface area contributed by atoms with Crippen LogP contribution in [0.4, 0.5) is 17.1 Å². The van der Waals surface area contributed by atoms with E-state index >= 15 is 0 Å². The van der Waals surface area contributed by atoms with Gasteiger partial charge < -0.3 is 10.1 Å². The quantitative estimate of drug-likeness (QED) is 0.456. The molecule has 0 spiro atoms. The van der Waals surface area contributed by atoms with Crippen LogP contribution in [0.25, 0.3) is 0 Å². The molecule has 1 amide bonds. The lowest BCUT2D eigenvalue weighted by molar-refractivity contribution is -0.116. The zero-order valence-electron chi connectivity index (χ0n) is 16.8. The van der Waals surface area contributed by atoms with E-state index in [9.17, 15) is 4.79 Å². The summed E-state index contributed by atoms with van der Waals surface area (Å²) in [7, 11) is 1.67. The van der Waals surface area contributed by atoms with Gasteiger partial charge in [-0.15, -0.1) is 0 Å². The number of benzene rings is 3. The zero-order valence-corrected chi connectivity index (χ0v) is 16.8. The van der Waals surface area contributed by atoms with E-state index in [4.69, 9.17) is 4.74 Å². The number of aryl methyl sites for hydroxylation is 2. The molecule has 0 radical (unpaired) electrons. The van der Waals surface area contributed by atoms with Gasteiger partial charge in [0.25, 0.3) is 0 Å². The second-order valence-corrected chi connectivity index (χ2v) is 6.79. The maximum absolute atomic E-state index is 12.2. The second-order valence-electron chi connectivity index (χ2n) is 6.79. The molecule has 0 fully saturated rings. The van der Waals surface area contributed by atoms with Crippen LogP contribution < -0.4 is 10.1 Å². The van der Waals surface area contributed by atoms with Crippen molar-refractivity contribution in [1.82, 2.24) is 0 Å². The molecule has 0 heterocycles. The third kappa shape index (κ3) is 6.28. The number of ether oxygens (including phenoxy) is 1. The van der Waals surface area contributed by atoms with Crippen molar-refractivity contribution in [1.29, 1.82) is 0 Å². The number of rotatable bonds is 8. The predicted octanol–water partition coefficient (Wildman–Crippen LogP) is 6.38. The normalized spacial score (nSPS) is 10.8. The summed E-state index contributed by atoms with van der Waals surface area (Å²) in [5, 5.41) is 11.3. The van der Waals surface area contributed by atoms with Crippen LogP contribution in [0.15, 0.2) is 83.0 Å². The van der Waals surface area contributed by atoms with Gasteiger partial charge >= 0.3 is 0 Å². The Labute approximate surface area is 171 Å². The monoisotopic (exact) mass is 387 g/mol. The number of amides is 1. The lowest BCUT2D eigenvalue weighted by Gasteiger charge is -2.08. The van der Waals surface area contributed by atoms with E-state index in [0.29, 0.717) is 6.42 Å². The summed E-state index contributed by atoms with van der Waals surface area (Å²) >= 11 is 0. The van der Waals surface area contributed by atoms with E-state index in [0.717, 1.165) is 41.2 Å². The molecule has 3 rings (SSSR count). The molecule has 3 aromatic carbocycles. The minimum Gasteiger partial charge on any atom is -0.496 e. The van der Waals surface area contributed by atoms with Gasteiger partial charge in [0.2, 0.25) is 5.91 Å². The topological polar surface area (TPSA) is 63.0 Å². The summed E-state index contributed by atoms with van der Waals surface area (Å²) in [6.07, 6.45) is 2.12. The highest BCUT2D eigenvalue weighted by Crippen LogP contribution is 2.21. The van der Waals surface area contributed by atoms with Crippen LogP contribution in [-0.4, -0.2) is 13.0 Å². The molecule has 0 saturated carbocycles. The number of methoxy groups -OCH3 is 1. The summed E-state index contributed by atoms with van der Waals surface area (Å²) in [4.78, 5) is 12.2. The summed E-state index contributed by atoms with van der Waals surface area (Å²) < 4.78 is 5.28. The number of hydrogen-bond donors (Lipinski definition) is 1. The largest absolute Gasteiger partial charge is 0.496 e. The number of nitrogens with zero attached hydrogens (tertiary/aromatic N) is 2. The van der Waals surface area contributed by atoms with Gasteiger partial charge in [-0.2, -0.15) is 10.2 Å². The molecule has 0 saturated heterocycles. The minimum atomic E-state index is 0.00824. The molecule has 0 aromatic heterocycles. The van der Waals surface area contributed by atoms with Gasteiger partial charge in [-0.05, 0) is 73.4 Å². The van der Waals surface area contributed by atoms with Crippen LogP contribution >= 0.6 is 0 Å². The van der Waals surface area contributed by atoms with E-state index in [1.165, 1.54) is 5.56 Å². The van der Waals surface area contributed by atoms with Crippen LogP contribution in [0.5, 0.6) is 5.75 Å². The van der Waals surface area contributed by atoms with Crippen molar-refractivity contribution in [3.8, 4) is 5.75 Å². The Bertz CT molecular complexity index is 967. The number of anilines is 1. The molecule has 0 unspecified atom stereocenters. The average Bonchev–Trinajstić information content (AvgIpc) is 2.74. The molecule has 0 atom stereocenters. The SMILES string of the molecule is COc1ccc(CCCC(=O)Nc2ccc(N=Nc3ccccc3)cc2)cc1C. The molecular formula is C24H25N3O2. The second kappa shape index (κ2) is 10.2. The van der Waals surface area contributed by atoms with Crippen molar-refractivity contribution in [3.05, 3.63) is 83.9 Å². The molecule has 5 nitrogen and oxygen atoms in total. The van der Waals surface area contributed by atoms with Crippen molar-refractivity contribution < 1.29 is 9.53 Å². The maximum Gasteiger partial charge on any atom is 0.224 e. The number of carbonyl (C=O) groups excluding carboxylic acids is 1. The van der Waals surface area contributed by atoms with Crippen LogP contribution in [0.2, 0.25) is 0 Å². The van der Waals surface area contributed by atoms with Gasteiger partial charge in [0.1, 0.15) is 5.75 Å². The van der Waals surface area contributed by atoms with Gasteiger partial charge in [0.05, 0.1) is 18.5 Å². The molecule has 0 aliphatic rings. The molecule has 0 aliphatic heterocycles. The van der Waals surface area contributed by atoms with E-state index in [2.05, 4.69) is 21.6 Å². The highest BCUT2D eigenvalue weighted by atomic mass is 16.5. The fourth-order valence-corrected chi connectivity index (χ4v) is 2.99. The Balaban J connectivity index is 1.45. The van der Waals surface area contributed by atoms with Crippen molar-refractivity contribution in [2.24, 2.45) is 10.2 Å². The van der Waals surface area contributed by atoms with Crippen LogP contribution in [0.3, 0.4) is 0 Å². The van der Waals surface area contributed by atoms with Gasteiger partial charge in [-0.1, -0.05) is 30.3 Å². The first-order valence-corrected chi connectivity index (χ1v) is 9.64. The number of carbonyl (C=O) groups is 1. The fourth-order valence-electron chi connectivity index (χ4n) is 2.99. The van der Waals surface area contributed by atoms with Gasteiger partial charge in [0.15, 0.2) is 0 Å². The van der Waals surface area contributed by atoms with E-state index in [1.54, 1.807) is 7.11 Å². The molecule has 0 aliphatic carbocycles. The molecule has 148 valence electrons. The molecule has 0 bridgehead atoms. The third-order valence-corrected chi connectivity index (χ3v) is 4.52. The van der Waals surface area contributed by atoms with E-state index in [1.807, 2.05) is 73.7 Å². The van der Waals surface area contributed by atoms with Gasteiger partial charge in [-0.3, -0.25) is 4.79 Å². The lowest BCUT2D eigenvalue weighted by atomic mass is 10.0. The first-order chi connectivity index (χ1) is 14.1. The average molecular weight is 387 g/mol. The van der Waals surface area contributed by atoms with Crippen molar-refractivity contribution in [3.63, 3.8) is 0 Å². The summed E-state index contributed by atoms with van der Waals surface area (Å²) in [5.41, 5.74) is 4.62. The Hall–Kier alpha value is -3.47. The fraction of sp³-hybridized carbons (Fsp3) is 0.208. The van der Waals surface area contributed by atoms with Crippen molar-refractivity contribution in [2.45, 2.75) is 26.2 Å². The van der Waals surface area contributed by atoms with Crippen molar-refractivity contribution in [2.75, 3.05) is 12.4 Å². The molecular weight excluding hydrogens is 362 g/mol. The summed E-state index contributed by atoms with van der Waals surface area (Å²) in [6, 6.07) is 23.0. The third-order valence-electron chi connectivity index (χ3n) is 4.52. The van der Waals surface area contributed by atoms with E-state index < -0.39 is 0 Å². The van der Waals surface area contributed by atoms with Crippen LogP contribution in [0.1, 0.15) is 24.0 Å². The maximum atomic E-state index is 12.2. The first kappa shape index (κ1) is 20.3. The zero-order chi connectivity index (χ0) is 20.5. The van der Waals surface area contributed by atoms with Crippen molar-refractivity contribution >= 4 is 23.0 Å². The minimum absolute atomic E-state index is 0.00824. The van der Waals surface area contributed by atoms with Crippen LogP contribution in [-0.2, 0) is 11.2 Å². The number of hydrogen-bond acceptors (Lipinski definition) is 4. The summed E-state index contributed by atoms with van der Waals surface area (Å²) in [5.74, 6) is 0.895. The smallest absolute Gasteiger partial charge is 0.224 e. The Morgan fingerprint density at radius 3 is 2.28 bits per heavy atom. The van der Waals surface area contributed by atoms with Gasteiger partial charge in [0, 0.05) is 12.1 Å². The van der Waals surface area contributed by atoms with E-state index in [-0.39, 0.29) is 5.91 Å². The Morgan fingerprint density at radius 2 is 1.62 bits per heavy atom. The predicted molar refractivity (Wildman–Crippen MR) is 116 cm³/mol. The first-order valence-electron chi connectivity index (χ1n) is 9.64. The Morgan fingerprint density at radius 1 is 0.931 bits per heavy atom. The number of nitrogens with one attached hydrogen (secondary N) is 1. The molecule has 1 N–H and O–H groups in total. The Kier molecular flexibility index (Phi) is 7.11. The molecule has 3 aromatic rings. The molecule has 5 heteroatoms. The van der Waals surface area contributed by atoms with Gasteiger partial charge in [-0.25, -0.2) is 0 Å². The lowest BCUT2D eigenvalue weighted by Crippen LogP contribution is -2.11. The van der Waals surface area contributed by atoms with Crippen LogP contribution in [0, 0.1) is 6.92 Å². The summed E-state index contributed by atoms with van der Waals surface area (Å²) in [6.45, 7) is 2.03. The molecule has 29 heavy (non-hydrogen) atoms. The highest BCUT2D eigenvalue weighted by Gasteiger charge is 2.05.